The number of rotatable bonds is 4. The highest BCUT2D eigenvalue weighted by atomic mass is 16.5. The Morgan fingerprint density at radius 3 is 2.71 bits per heavy atom. The molecule has 0 saturated carbocycles. The van der Waals surface area contributed by atoms with Crippen molar-refractivity contribution in [1.29, 1.82) is 0 Å². The van der Waals surface area contributed by atoms with Gasteiger partial charge in [-0.15, -0.1) is 0 Å². The van der Waals surface area contributed by atoms with E-state index in [1.54, 1.807) is 0 Å². The molecule has 1 aliphatic rings. The van der Waals surface area contributed by atoms with Crippen LogP contribution in [0.3, 0.4) is 0 Å². The van der Waals surface area contributed by atoms with E-state index in [1.807, 2.05) is 13.0 Å². The molecule has 2 rings (SSSR count). The van der Waals surface area contributed by atoms with Gasteiger partial charge in [0.25, 0.3) is 0 Å². The van der Waals surface area contributed by atoms with Crippen molar-refractivity contribution >= 4 is 5.69 Å². The third kappa shape index (κ3) is 1.75. The standard InChI is InChI=1S/C12H17NO/c1-3-14-10-12(2)9-13(12)11-7-5-4-6-8-11/h4-8H,3,9-10H2,1-2H3. The van der Waals surface area contributed by atoms with Crippen LogP contribution in [0.4, 0.5) is 5.69 Å². The Morgan fingerprint density at radius 2 is 2.07 bits per heavy atom. The van der Waals surface area contributed by atoms with Gasteiger partial charge in [0.05, 0.1) is 12.1 Å². The van der Waals surface area contributed by atoms with Gasteiger partial charge in [0, 0.05) is 18.8 Å². The van der Waals surface area contributed by atoms with Gasteiger partial charge in [-0.2, -0.15) is 0 Å². The molecule has 0 aromatic heterocycles. The summed E-state index contributed by atoms with van der Waals surface area (Å²) < 4.78 is 5.47. The molecule has 1 aliphatic heterocycles. The van der Waals surface area contributed by atoms with Gasteiger partial charge >= 0.3 is 0 Å². The van der Waals surface area contributed by atoms with Gasteiger partial charge in [-0.1, -0.05) is 18.2 Å². The highest BCUT2D eigenvalue weighted by molar-refractivity contribution is 5.56. The molecule has 2 heteroatoms. The zero-order valence-electron chi connectivity index (χ0n) is 8.86. The van der Waals surface area contributed by atoms with Crippen LogP contribution in [0.1, 0.15) is 13.8 Å². The molecule has 0 N–H and O–H groups in total. The van der Waals surface area contributed by atoms with E-state index in [2.05, 4.69) is 36.1 Å². The van der Waals surface area contributed by atoms with Crippen LogP contribution in [0.2, 0.25) is 0 Å². The maximum absolute atomic E-state index is 5.47. The Labute approximate surface area is 85.5 Å². The predicted octanol–water partition coefficient (Wildman–Crippen LogP) is 2.30. The Morgan fingerprint density at radius 1 is 1.36 bits per heavy atom. The minimum absolute atomic E-state index is 0.233. The van der Waals surface area contributed by atoms with Gasteiger partial charge in [0.2, 0.25) is 0 Å². The van der Waals surface area contributed by atoms with E-state index >= 15 is 0 Å². The van der Waals surface area contributed by atoms with Crippen molar-refractivity contribution in [3.63, 3.8) is 0 Å². The molecule has 76 valence electrons. The van der Waals surface area contributed by atoms with Gasteiger partial charge < -0.3 is 9.64 Å². The fourth-order valence-electron chi connectivity index (χ4n) is 1.76. The van der Waals surface area contributed by atoms with Crippen molar-refractivity contribution in [1.82, 2.24) is 0 Å². The molecule has 0 aliphatic carbocycles. The van der Waals surface area contributed by atoms with Crippen LogP contribution in [0, 0.1) is 0 Å². The van der Waals surface area contributed by atoms with Crippen molar-refractivity contribution in [2.75, 3.05) is 24.7 Å². The zero-order valence-corrected chi connectivity index (χ0v) is 8.86. The molecule has 1 aromatic rings. The van der Waals surface area contributed by atoms with E-state index in [0.29, 0.717) is 0 Å². The Balaban J connectivity index is 1.98. The van der Waals surface area contributed by atoms with Crippen LogP contribution in [0.25, 0.3) is 0 Å². The molecule has 1 fully saturated rings. The van der Waals surface area contributed by atoms with Crippen LogP contribution in [-0.2, 0) is 4.74 Å². The molecule has 0 radical (unpaired) electrons. The van der Waals surface area contributed by atoms with E-state index in [-0.39, 0.29) is 5.54 Å². The molecular weight excluding hydrogens is 174 g/mol. The molecule has 1 unspecified atom stereocenters. The van der Waals surface area contributed by atoms with Crippen molar-refractivity contribution in [2.45, 2.75) is 19.4 Å². The second-order valence-corrected chi connectivity index (χ2v) is 4.06. The first kappa shape index (κ1) is 9.53. The average molecular weight is 191 g/mol. The summed E-state index contributed by atoms with van der Waals surface area (Å²) in [7, 11) is 0. The number of anilines is 1. The molecule has 1 heterocycles. The van der Waals surface area contributed by atoms with Crippen molar-refractivity contribution < 1.29 is 4.74 Å². The molecule has 2 nitrogen and oxygen atoms in total. The number of para-hydroxylation sites is 1. The summed E-state index contributed by atoms with van der Waals surface area (Å²) >= 11 is 0. The van der Waals surface area contributed by atoms with Crippen molar-refractivity contribution in [2.24, 2.45) is 0 Å². The molecule has 0 amide bonds. The quantitative estimate of drug-likeness (QED) is 0.677. The Hall–Kier alpha value is -1.02. The molecular formula is C12H17NO. The van der Waals surface area contributed by atoms with Gasteiger partial charge in [-0.25, -0.2) is 0 Å². The fourth-order valence-corrected chi connectivity index (χ4v) is 1.76. The number of hydrogen-bond acceptors (Lipinski definition) is 2. The van der Waals surface area contributed by atoms with Crippen LogP contribution in [-0.4, -0.2) is 25.3 Å². The SMILES string of the molecule is CCOCC1(C)CN1c1ccccc1. The summed E-state index contributed by atoms with van der Waals surface area (Å²) in [5, 5.41) is 0. The zero-order chi connectivity index (χ0) is 10.0. The second kappa shape index (κ2) is 3.62. The molecule has 1 saturated heterocycles. The van der Waals surface area contributed by atoms with Crippen LogP contribution in [0.15, 0.2) is 30.3 Å². The summed E-state index contributed by atoms with van der Waals surface area (Å²) in [6, 6.07) is 10.5. The highest BCUT2D eigenvalue weighted by Gasteiger charge is 2.47. The highest BCUT2D eigenvalue weighted by Crippen LogP contribution is 2.37. The lowest BCUT2D eigenvalue weighted by Gasteiger charge is -2.13. The normalized spacial score (nSPS) is 25.1. The van der Waals surface area contributed by atoms with E-state index < -0.39 is 0 Å². The second-order valence-electron chi connectivity index (χ2n) is 4.06. The molecule has 1 atom stereocenters. The number of hydrogen-bond donors (Lipinski definition) is 0. The summed E-state index contributed by atoms with van der Waals surface area (Å²) in [6.07, 6.45) is 0. The molecule has 0 bridgehead atoms. The maximum Gasteiger partial charge on any atom is 0.0782 e. The number of benzene rings is 1. The van der Waals surface area contributed by atoms with Crippen molar-refractivity contribution in [3.05, 3.63) is 30.3 Å². The van der Waals surface area contributed by atoms with Gasteiger partial charge in [-0.3, -0.25) is 0 Å². The van der Waals surface area contributed by atoms with E-state index in [0.717, 1.165) is 19.8 Å². The summed E-state index contributed by atoms with van der Waals surface area (Å²) in [6.45, 7) is 7.03. The number of ether oxygens (including phenoxy) is 1. The fraction of sp³-hybridized carbons (Fsp3) is 0.500. The van der Waals surface area contributed by atoms with Crippen molar-refractivity contribution in [3.8, 4) is 0 Å². The van der Waals surface area contributed by atoms with Gasteiger partial charge in [0.1, 0.15) is 0 Å². The summed E-state index contributed by atoms with van der Waals surface area (Å²) in [5.41, 5.74) is 1.53. The molecule has 0 spiro atoms. The largest absolute Gasteiger partial charge is 0.379 e. The summed E-state index contributed by atoms with van der Waals surface area (Å²) in [5.74, 6) is 0. The smallest absolute Gasteiger partial charge is 0.0782 e. The topological polar surface area (TPSA) is 12.2 Å². The minimum atomic E-state index is 0.233. The van der Waals surface area contributed by atoms with Crippen LogP contribution < -0.4 is 4.90 Å². The van der Waals surface area contributed by atoms with Gasteiger partial charge in [0.15, 0.2) is 0 Å². The predicted molar refractivity (Wildman–Crippen MR) is 58.7 cm³/mol. The summed E-state index contributed by atoms with van der Waals surface area (Å²) in [4.78, 5) is 2.38. The Kier molecular flexibility index (Phi) is 2.46. The lowest BCUT2D eigenvalue weighted by molar-refractivity contribution is 0.131. The first-order valence-electron chi connectivity index (χ1n) is 5.17. The Bertz CT molecular complexity index is 298. The lowest BCUT2D eigenvalue weighted by atomic mass is 10.2. The minimum Gasteiger partial charge on any atom is -0.379 e. The van der Waals surface area contributed by atoms with E-state index in [4.69, 9.17) is 4.74 Å². The van der Waals surface area contributed by atoms with E-state index in [9.17, 15) is 0 Å². The third-order valence-corrected chi connectivity index (χ3v) is 2.73. The van der Waals surface area contributed by atoms with Crippen LogP contribution in [0.5, 0.6) is 0 Å². The third-order valence-electron chi connectivity index (χ3n) is 2.73. The van der Waals surface area contributed by atoms with E-state index in [1.165, 1.54) is 5.69 Å². The molecule has 14 heavy (non-hydrogen) atoms. The first-order valence-corrected chi connectivity index (χ1v) is 5.17. The first-order chi connectivity index (χ1) is 6.76. The average Bonchev–Trinajstić information content (AvgIpc) is 2.90. The monoisotopic (exact) mass is 191 g/mol. The maximum atomic E-state index is 5.47. The van der Waals surface area contributed by atoms with Gasteiger partial charge in [-0.05, 0) is 26.0 Å². The number of nitrogens with zero attached hydrogens (tertiary/aromatic N) is 1. The van der Waals surface area contributed by atoms with Crippen LogP contribution >= 0.6 is 0 Å². The lowest BCUT2D eigenvalue weighted by Crippen LogP contribution is -2.21. The molecule has 1 aromatic carbocycles.